The number of piperazine rings is 1. The Morgan fingerprint density at radius 1 is 1.33 bits per heavy atom. The highest BCUT2D eigenvalue weighted by Gasteiger charge is 2.30. The molecule has 1 aliphatic rings. The normalized spacial score (nSPS) is 18.8. The molecule has 0 radical (unpaired) electrons. The van der Waals surface area contributed by atoms with Gasteiger partial charge in [0.05, 0.1) is 6.04 Å². The van der Waals surface area contributed by atoms with Gasteiger partial charge in [-0.1, -0.05) is 30.3 Å². The zero-order valence-corrected chi connectivity index (χ0v) is 13.8. The molecule has 21 heavy (non-hydrogen) atoms. The van der Waals surface area contributed by atoms with Gasteiger partial charge < -0.3 is 15.0 Å². The molecule has 0 saturated carbocycles. The van der Waals surface area contributed by atoms with Crippen LogP contribution in [0.1, 0.15) is 26.3 Å². The fourth-order valence-corrected chi connectivity index (χ4v) is 2.39. The molecule has 0 spiro atoms. The summed E-state index contributed by atoms with van der Waals surface area (Å²) in [6.07, 6.45) is 0.646. The van der Waals surface area contributed by atoms with Crippen molar-refractivity contribution in [1.82, 2.24) is 10.2 Å². The maximum atomic E-state index is 12.3. The molecule has 0 bridgehead atoms. The van der Waals surface area contributed by atoms with Gasteiger partial charge in [-0.2, -0.15) is 0 Å². The maximum absolute atomic E-state index is 12.3. The molecule has 1 aromatic rings. The van der Waals surface area contributed by atoms with Crippen molar-refractivity contribution in [2.75, 3.05) is 19.6 Å². The first-order valence-electron chi connectivity index (χ1n) is 7.20. The predicted octanol–water partition coefficient (Wildman–Crippen LogP) is 2.86. The van der Waals surface area contributed by atoms with Crippen LogP contribution in [0.4, 0.5) is 4.79 Å². The Morgan fingerprint density at radius 2 is 2.00 bits per heavy atom. The van der Waals surface area contributed by atoms with Crippen molar-refractivity contribution in [3.05, 3.63) is 35.9 Å². The first kappa shape index (κ1) is 17.8. The van der Waals surface area contributed by atoms with Crippen LogP contribution in [0.15, 0.2) is 30.3 Å². The lowest BCUT2D eigenvalue weighted by Gasteiger charge is -2.37. The van der Waals surface area contributed by atoms with Crippen LogP contribution < -0.4 is 5.32 Å². The summed E-state index contributed by atoms with van der Waals surface area (Å²) in [5, 5.41) is 3.35. The minimum Gasteiger partial charge on any atom is -0.444 e. The van der Waals surface area contributed by atoms with E-state index in [1.54, 1.807) is 0 Å². The fourth-order valence-electron chi connectivity index (χ4n) is 2.39. The Morgan fingerprint density at radius 3 is 2.62 bits per heavy atom. The molecule has 1 amide bonds. The first-order chi connectivity index (χ1) is 9.46. The average molecular weight is 313 g/mol. The highest BCUT2D eigenvalue weighted by atomic mass is 35.5. The Balaban J connectivity index is 0.00000220. The van der Waals surface area contributed by atoms with Gasteiger partial charge in [0.15, 0.2) is 0 Å². The second-order valence-electron chi connectivity index (χ2n) is 6.22. The van der Waals surface area contributed by atoms with Crippen LogP contribution >= 0.6 is 12.4 Å². The minimum absolute atomic E-state index is 0. The van der Waals surface area contributed by atoms with E-state index < -0.39 is 5.60 Å². The Kier molecular flexibility index (Phi) is 6.49. The van der Waals surface area contributed by atoms with Gasteiger partial charge in [0.2, 0.25) is 0 Å². The van der Waals surface area contributed by atoms with Gasteiger partial charge in [-0.15, -0.1) is 12.4 Å². The number of rotatable bonds is 2. The van der Waals surface area contributed by atoms with E-state index in [0.29, 0.717) is 6.54 Å². The molecular weight excluding hydrogens is 288 g/mol. The Bertz CT molecular complexity index is 445. The van der Waals surface area contributed by atoms with Crippen LogP contribution in [0.5, 0.6) is 0 Å². The summed E-state index contributed by atoms with van der Waals surface area (Å²) in [6, 6.07) is 10.4. The quantitative estimate of drug-likeness (QED) is 0.913. The van der Waals surface area contributed by atoms with E-state index in [0.717, 1.165) is 19.5 Å². The van der Waals surface area contributed by atoms with Crippen LogP contribution in [-0.4, -0.2) is 42.3 Å². The highest BCUT2D eigenvalue weighted by molar-refractivity contribution is 5.85. The lowest BCUT2D eigenvalue weighted by atomic mass is 10.0. The van der Waals surface area contributed by atoms with E-state index in [1.807, 2.05) is 43.9 Å². The van der Waals surface area contributed by atoms with Crippen molar-refractivity contribution < 1.29 is 9.53 Å². The summed E-state index contributed by atoms with van der Waals surface area (Å²) in [6.45, 7) is 8.04. The standard InChI is InChI=1S/C16H24N2O2.ClH/c1-16(2,3)20-15(19)18-10-9-17-12-14(18)11-13-7-5-4-6-8-13;/h4-8,14,17H,9-12H2,1-3H3;1H/t14-;/m1./s1. The monoisotopic (exact) mass is 312 g/mol. The van der Waals surface area contributed by atoms with Crippen molar-refractivity contribution in [2.24, 2.45) is 0 Å². The molecule has 0 aliphatic carbocycles. The molecule has 1 heterocycles. The van der Waals surface area contributed by atoms with E-state index in [1.165, 1.54) is 5.56 Å². The van der Waals surface area contributed by atoms with Crippen molar-refractivity contribution >= 4 is 18.5 Å². The van der Waals surface area contributed by atoms with Crippen molar-refractivity contribution in [3.63, 3.8) is 0 Å². The number of amides is 1. The molecule has 0 unspecified atom stereocenters. The van der Waals surface area contributed by atoms with Gasteiger partial charge in [-0.25, -0.2) is 4.79 Å². The Labute approximate surface area is 133 Å². The van der Waals surface area contributed by atoms with Crippen LogP contribution in [-0.2, 0) is 11.2 Å². The second-order valence-corrected chi connectivity index (χ2v) is 6.22. The van der Waals surface area contributed by atoms with Gasteiger partial charge in [-0.3, -0.25) is 0 Å². The number of halogens is 1. The Hall–Kier alpha value is -1.26. The maximum Gasteiger partial charge on any atom is 0.410 e. The van der Waals surface area contributed by atoms with Crippen LogP contribution in [0.25, 0.3) is 0 Å². The van der Waals surface area contributed by atoms with E-state index in [2.05, 4.69) is 17.4 Å². The predicted molar refractivity (Wildman–Crippen MR) is 87.0 cm³/mol. The SMILES string of the molecule is CC(C)(C)OC(=O)N1CCNC[C@H]1Cc1ccccc1.Cl. The number of nitrogens with zero attached hydrogens (tertiary/aromatic N) is 1. The third-order valence-corrected chi connectivity index (χ3v) is 3.29. The smallest absolute Gasteiger partial charge is 0.410 e. The molecule has 5 heteroatoms. The van der Waals surface area contributed by atoms with Crippen LogP contribution in [0.2, 0.25) is 0 Å². The minimum atomic E-state index is -0.445. The lowest BCUT2D eigenvalue weighted by Crippen LogP contribution is -2.55. The zero-order chi connectivity index (χ0) is 14.6. The largest absolute Gasteiger partial charge is 0.444 e. The molecule has 2 rings (SSSR count). The summed E-state index contributed by atoms with van der Waals surface area (Å²) in [4.78, 5) is 14.1. The number of hydrogen-bond acceptors (Lipinski definition) is 3. The molecular formula is C16H25ClN2O2. The molecule has 1 aromatic carbocycles. The zero-order valence-electron chi connectivity index (χ0n) is 13.0. The molecule has 1 N–H and O–H groups in total. The summed E-state index contributed by atoms with van der Waals surface area (Å²) < 4.78 is 5.50. The fraction of sp³-hybridized carbons (Fsp3) is 0.562. The topological polar surface area (TPSA) is 41.6 Å². The highest BCUT2D eigenvalue weighted by Crippen LogP contribution is 2.16. The van der Waals surface area contributed by atoms with Crippen molar-refractivity contribution in [1.29, 1.82) is 0 Å². The number of benzene rings is 1. The van der Waals surface area contributed by atoms with E-state index in [9.17, 15) is 4.79 Å². The van der Waals surface area contributed by atoms with Crippen molar-refractivity contribution in [3.8, 4) is 0 Å². The molecule has 118 valence electrons. The van der Waals surface area contributed by atoms with Gasteiger partial charge in [0.25, 0.3) is 0 Å². The van der Waals surface area contributed by atoms with Gasteiger partial charge in [0.1, 0.15) is 5.60 Å². The number of nitrogens with one attached hydrogen (secondary N) is 1. The van der Waals surface area contributed by atoms with Crippen molar-refractivity contribution in [2.45, 2.75) is 38.8 Å². The molecule has 1 atom stereocenters. The van der Waals surface area contributed by atoms with Crippen LogP contribution in [0.3, 0.4) is 0 Å². The number of ether oxygens (including phenoxy) is 1. The lowest BCUT2D eigenvalue weighted by molar-refractivity contribution is 0.0122. The van der Waals surface area contributed by atoms with E-state index in [4.69, 9.17) is 4.74 Å². The molecule has 1 fully saturated rings. The van der Waals surface area contributed by atoms with Crippen LogP contribution in [0, 0.1) is 0 Å². The summed E-state index contributed by atoms with van der Waals surface area (Å²) in [5.74, 6) is 0. The molecule has 1 saturated heterocycles. The molecule has 1 aliphatic heterocycles. The summed E-state index contributed by atoms with van der Waals surface area (Å²) >= 11 is 0. The third kappa shape index (κ3) is 5.56. The number of carbonyl (C=O) groups excluding carboxylic acids is 1. The summed E-state index contributed by atoms with van der Waals surface area (Å²) in [5.41, 5.74) is 0.800. The second kappa shape index (κ2) is 7.66. The van der Waals surface area contributed by atoms with E-state index in [-0.39, 0.29) is 24.5 Å². The first-order valence-corrected chi connectivity index (χ1v) is 7.20. The van der Waals surface area contributed by atoms with Gasteiger partial charge in [-0.05, 0) is 32.8 Å². The third-order valence-electron chi connectivity index (χ3n) is 3.29. The van der Waals surface area contributed by atoms with Gasteiger partial charge in [0, 0.05) is 19.6 Å². The molecule has 0 aromatic heterocycles. The number of carbonyl (C=O) groups is 1. The van der Waals surface area contributed by atoms with Gasteiger partial charge >= 0.3 is 6.09 Å². The summed E-state index contributed by atoms with van der Waals surface area (Å²) in [7, 11) is 0. The average Bonchev–Trinajstić information content (AvgIpc) is 2.38. The van der Waals surface area contributed by atoms with E-state index >= 15 is 0 Å². The molecule has 4 nitrogen and oxygen atoms in total. The number of hydrogen-bond donors (Lipinski definition) is 1.